The van der Waals surface area contributed by atoms with E-state index in [-0.39, 0.29) is 5.54 Å². The Bertz CT molecular complexity index is 1150. The van der Waals surface area contributed by atoms with Crippen LogP contribution in [0.5, 0.6) is 0 Å². The lowest BCUT2D eigenvalue weighted by Gasteiger charge is -2.52. The minimum Gasteiger partial charge on any atom is -0.367 e. The molecule has 3 aromatic rings. The Morgan fingerprint density at radius 2 is 1.70 bits per heavy atom. The van der Waals surface area contributed by atoms with Crippen molar-refractivity contribution in [1.82, 2.24) is 14.8 Å². The van der Waals surface area contributed by atoms with E-state index in [4.69, 9.17) is 10.8 Å². The van der Waals surface area contributed by atoms with Gasteiger partial charge in [-0.25, -0.2) is 0 Å². The molecule has 0 unspecified atom stereocenters. The number of hydrogen-bond donors (Lipinski definition) is 1. The maximum atomic E-state index is 6.56. The summed E-state index contributed by atoms with van der Waals surface area (Å²) in [5.74, 6) is 0. The molecule has 1 aromatic carbocycles. The fraction of sp³-hybridized carbons (Fsp3) is 0.500. The second-order valence-electron chi connectivity index (χ2n) is 11.0. The molecule has 2 N–H and O–H groups in total. The molecule has 3 fully saturated rings. The zero-order valence-electron chi connectivity index (χ0n) is 20.0. The van der Waals surface area contributed by atoms with Gasteiger partial charge < -0.3 is 10.6 Å². The van der Waals surface area contributed by atoms with Crippen molar-refractivity contribution in [1.29, 1.82) is 0 Å². The summed E-state index contributed by atoms with van der Waals surface area (Å²) in [7, 11) is 0. The van der Waals surface area contributed by atoms with Gasteiger partial charge in [-0.05, 0) is 69.9 Å². The first-order chi connectivity index (χ1) is 15.9. The van der Waals surface area contributed by atoms with Crippen LogP contribution in [-0.2, 0) is 19.5 Å². The number of benzene rings is 1. The fourth-order valence-electron chi connectivity index (χ4n) is 6.36. The molecule has 2 bridgehead atoms. The van der Waals surface area contributed by atoms with E-state index >= 15 is 0 Å². The van der Waals surface area contributed by atoms with Crippen LogP contribution in [0, 0.1) is 19.3 Å². The van der Waals surface area contributed by atoms with Crippen LogP contribution in [0.3, 0.4) is 0 Å². The van der Waals surface area contributed by atoms with Crippen LogP contribution in [0.4, 0.5) is 5.69 Å². The van der Waals surface area contributed by atoms with Crippen molar-refractivity contribution in [2.24, 2.45) is 11.1 Å². The molecule has 7 rings (SSSR count). The summed E-state index contributed by atoms with van der Waals surface area (Å²) >= 11 is 0. The molecule has 0 amide bonds. The van der Waals surface area contributed by atoms with Crippen molar-refractivity contribution in [2.45, 2.75) is 77.4 Å². The lowest BCUT2D eigenvalue weighted by atomic mass is 9.57. The van der Waals surface area contributed by atoms with E-state index in [0.717, 1.165) is 31.7 Å². The molecule has 4 aliphatic rings. The molecule has 33 heavy (non-hydrogen) atoms. The lowest BCUT2D eigenvalue weighted by molar-refractivity contribution is 0.0263. The number of pyridine rings is 1. The van der Waals surface area contributed by atoms with Gasteiger partial charge in [0, 0.05) is 60.3 Å². The highest BCUT2D eigenvalue weighted by Crippen LogP contribution is 2.52. The van der Waals surface area contributed by atoms with Crippen LogP contribution in [0.2, 0.25) is 0 Å². The second-order valence-corrected chi connectivity index (χ2v) is 11.0. The van der Waals surface area contributed by atoms with Crippen LogP contribution in [0.15, 0.2) is 42.6 Å². The van der Waals surface area contributed by atoms with E-state index in [9.17, 15) is 0 Å². The molecule has 3 saturated carbocycles. The lowest BCUT2D eigenvalue weighted by Crippen LogP contribution is -2.53. The monoisotopic (exact) mass is 441 g/mol. The van der Waals surface area contributed by atoms with E-state index in [0.29, 0.717) is 5.41 Å². The van der Waals surface area contributed by atoms with Gasteiger partial charge in [-0.1, -0.05) is 29.8 Å². The molecular formula is C28H35N5. The van der Waals surface area contributed by atoms with Crippen LogP contribution in [0.25, 0.3) is 11.3 Å². The Kier molecular flexibility index (Phi) is 4.88. The molecule has 172 valence electrons. The van der Waals surface area contributed by atoms with Crippen LogP contribution < -0.4 is 10.6 Å². The average molecular weight is 442 g/mol. The number of anilines is 1. The molecule has 5 nitrogen and oxygen atoms in total. The molecular weight excluding hydrogens is 406 g/mol. The van der Waals surface area contributed by atoms with Crippen LogP contribution in [0.1, 0.15) is 61.0 Å². The third kappa shape index (κ3) is 3.76. The zero-order chi connectivity index (χ0) is 22.6. The Balaban J connectivity index is 1.23. The van der Waals surface area contributed by atoms with E-state index in [1.165, 1.54) is 72.3 Å². The minimum absolute atomic E-state index is 0.129. The van der Waals surface area contributed by atoms with Crippen molar-refractivity contribution < 1.29 is 0 Å². The minimum atomic E-state index is 0.129. The van der Waals surface area contributed by atoms with E-state index in [1.807, 2.05) is 6.20 Å². The molecule has 0 saturated heterocycles. The highest BCUT2D eigenvalue weighted by Gasteiger charge is 2.47. The van der Waals surface area contributed by atoms with Crippen molar-refractivity contribution in [3.8, 4) is 11.3 Å². The van der Waals surface area contributed by atoms with E-state index in [1.54, 1.807) is 0 Å². The van der Waals surface area contributed by atoms with Crippen molar-refractivity contribution >= 4 is 5.69 Å². The molecule has 3 aliphatic carbocycles. The average Bonchev–Trinajstić information content (AvgIpc) is 3.15. The summed E-state index contributed by atoms with van der Waals surface area (Å²) in [6.45, 7) is 7.33. The highest BCUT2D eigenvalue weighted by atomic mass is 15.3. The third-order valence-corrected chi connectivity index (χ3v) is 8.74. The van der Waals surface area contributed by atoms with Gasteiger partial charge in [-0.3, -0.25) is 9.67 Å². The standard InChI is InChI=1S/C28H35N5/c1-20-3-5-22(6-4-20)25-17-23(7-15-30-25)32-16-8-26-24(18-32)21(2)31-33(26)19-27-9-12-28(29,13-10-27)14-11-27/h3-7,15,17H,8-14,16,18-19,29H2,1-2H3. The van der Waals surface area contributed by atoms with Crippen molar-refractivity contribution in [2.75, 3.05) is 11.4 Å². The van der Waals surface area contributed by atoms with E-state index < -0.39 is 0 Å². The van der Waals surface area contributed by atoms with Crippen LogP contribution in [-0.4, -0.2) is 26.8 Å². The molecule has 2 aromatic heterocycles. The van der Waals surface area contributed by atoms with Gasteiger partial charge in [0.2, 0.25) is 0 Å². The molecule has 0 atom stereocenters. The summed E-state index contributed by atoms with van der Waals surface area (Å²) in [5, 5.41) is 5.06. The Hall–Kier alpha value is -2.66. The Labute approximate surface area is 197 Å². The Morgan fingerprint density at radius 1 is 0.970 bits per heavy atom. The SMILES string of the molecule is Cc1ccc(-c2cc(N3CCc4c(c(C)nn4CC45CCC(N)(CC4)CC5)C3)ccn2)cc1. The first-order valence-corrected chi connectivity index (χ1v) is 12.5. The number of aryl methyl sites for hydroxylation is 2. The van der Waals surface area contributed by atoms with E-state index in [2.05, 4.69) is 64.8 Å². The predicted octanol–water partition coefficient (Wildman–Crippen LogP) is 5.18. The maximum absolute atomic E-state index is 6.56. The second kappa shape index (κ2) is 7.69. The topological polar surface area (TPSA) is 60.0 Å². The highest BCUT2D eigenvalue weighted by molar-refractivity contribution is 5.65. The number of rotatable bonds is 4. The zero-order valence-corrected chi connectivity index (χ0v) is 20.0. The number of nitrogens with zero attached hydrogens (tertiary/aromatic N) is 4. The predicted molar refractivity (Wildman–Crippen MR) is 133 cm³/mol. The van der Waals surface area contributed by atoms with Gasteiger partial charge in [-0.2, -0.15) is 5.10 Å². The summed E-state index contributed by atoms with van der Waals surface area (Å²) < 4.78 is 2.38. The summed E-state index contributed by atoms with van der Waals surface area (Å²) in [5.41, 5.74) is 15.9. The van der Waals surface area contributed by atoms with Crippen LogP contribution >= 0.6 is 0 Å². The first-order valence-electron chi connectivity index (χ1n) is 12.5. The van der Waals surface area contributed by atoms with Crippen molar-refractivity contribution in [3.63, 3.8) is 0 Å². The quantitative estimate of drug-likeness (QED) is 0.606. The maximum Gasteiger partial charge on any atom is 0.0722 e. The molecule has 1 aliphatic heterocycles. The third-order valence-electron chi connectivity index (χ3n) is 8.74. The Morgan fingerprint density at radius 3 is 2.42 bits per heavy atom. The van der Waals surface area contributed by atoms with Gasteiger partial charge in [-0.15, -0.1) is 0 Å². The normalized spacial score (nSPS) is 26.5. The largest absolute Gasteiger partial charge is 0.367 e. The summed E-state index contributed by atoms with van der Waals surface area (Å²) in [4.78, 5) is 7.13. The van der Waals surface area contributed by atoms with Gasteiger partial charge >= 0.3 is 0 Å². The number of hydrogen-bond acceptors (Lipinski definition) is 4. The smallest absolute Gasteiger partial charge is 0.0722 e. The number of aromatic nitrogens is 3. The van der Waals surface area contributed by atoms with Gasteiger partial charge in [0.1, 0.15) is 0 Å². The number of nitrogens with two attached hydrogens (primary N) is 1. The molecule has 5 heteroatoms. The van der Waals surface area contributed by atoms with Gasteiger partial charge in [0.15, 0.2) is 0 Å². The van der Waals surface area contributed by atoms with Gasteiger partial charge in [0.05, 0.1) is 11.4 Å². The molecule has 0 spiro atoms. The van der Waals surface area contributed by atoms with Crippen molar-refractivity contribution in [3.05, 3.63) is 65.1 Å². The number of fused-ring (bicyclic) bond motifs is 4. The first kappa shape index (κ1) is 20.9. The fourth-order valence-corrected chi connectivity index (χ4v) is 6.36. The summed E-state index contributed by atoms with van der Waals surface area (Å²) in [6.07, 6.45) is 10.4. The molecule has 3 heterocycles. The molecule has 0 radical (unpaired) electrons. The summed E-state index contributed by atoms with van der Waals surface area (Å²) in [6, 6.07) is 13.0. The van der Waals surface area contributed by atoms with Gasteiger partial charge in [0.25, 0.3) is 0 Å².